The number of aryl methyl sites for hydroxylation is 1. The zero-order valence-corrected chi connectivity index (χ0v) is 16.8. The number of amides is 1. The number of halogens is 1. The van der Waals surface area contributed by atoms with Crippen molar-refractivity contribution in [2.24, 2.45) is 11.7 Å². The number of nitrogens with zero attached hydrogens (tertiary/aromatic N) is 2. The van der Waals surface area contributed by atoms with E-state index in [2.05, 4.69) is 33.0 Å². The van der Waals surface area contributed by atoms with E-state index < -0.39 is 0 Å². The van der Waals surface area contributed by atoms with Crippen molar-refractivity contribution in [2.75, 3.05) is 6.54 Å². The van der Waals surface area contributed by atoms with E-state index in [1.165, 1.54) is 5.56 Å². The molecule has 1 unspecified atom stereocenters. The summed E-state index contributed by atoms with van der Waals surface area (Å²) < 4.78 is 1.80. The predicted molar refractivity (Wildman–Crippen MR) is 107 cm³/mol. The third-order valence-corrected chi connectivity index (χ3v) is 4.73. The van der Waals surface area contributed by atoms with Gasteiger partial charge in [-0.15, -0.1) is 12.4 Å². The van der Waals surface area contributed by atoms with Crippen LogP contribution in [0.3, 0.4) is 0 Å². The van der Waals surface area contributed by atoms with Crippen molar-refractivity contribution in [3.05, 3.63) is 47.3 Å². The van der Waals surface area contributed by atoms with E-state index in [1.807, 2.05) is 30.5 Å². The summed E-state index contributed by atoms with van der Waals surface area (Å²) in [5.74, 6) is 0.449. The third kappa shape index (κ3) is 4.46. The molecule has 142 valence electrons. The Hall–Kier alpha value is -1.85. The molecule has 0 spiro atoms. The molecule has 0 bridgehead atoms. The fourth-order valence-electron chi connectivity index (χ4n) is 3.04. The van der Waals surface area contributed by atoms with E-state index in [1.54, 1.807) is 4.68 Å². The van der Waals surface area contributed by atoms with Gasteiger partial charge in [-0.05, 0) is 37.8 Å². The van der Waals surface area contributed by atoms with Gasteiger partial charge in [0.25, 0.3) is 5.91 Å². The van der Waals surface area contributed by atoms with Crippen LogP contribution in [0.25, 0.3) is 5.69 Å². The topological polar surface area (TPSA) is 72.9 Å². The zero-order valence-electron chi connectivity index (χ0n) is 16.0. The number of aromatic nitrogens is 2. The Bertz CT molecular complexity index is 757. The van der Waals surface area contributed by atoms with E-state index in [9.17, 15) is 4.79 Å². The Kier molecular flexibility index (Phi) is 6.14. The molecule has 1 aliphatic carbocycles. The Morgan fingerprint density at radius 2 is 1.92 bits per heavy atom. The van der Waals surface area contributed by atoms with E-state index in [0.29, 0.717) is 18.0 Å². The van der Waals surface area contributed by atoms with Crippen LogP contribution < -0.4 is 11.1 Å². The molecule has 1 aromatic carbocycles. The molecule has 1 fully saturated rings. The highest BCUT2D eigenvalue weighted by Crippen LogP contribution is 2.33. The number of hydrogen-bond donors (Lipinski definition) is 2. The average molecular weight is 377 g/mol. The quantitative estimate of drug-likeness (QED) is 0.840. The molecule has 1 aromatic heterocycles. The first-order chi connectivity index (χ1) is 11.8. The molecule has 3 rings (SSSR count). The van der Waals surface area contributed by atoms with Gasteiger partial charge in [0.1, 0.15) is 0 Å². The molecule has 26 heavy (non-hydrogen) atoms. The van der Waals surface area contributed by atoms with Crippen LogP contribution in [0.15, 0.2) is 30.5 Å². The van der Waals surface area contributed by atoms with Gasteiger partial charge in [0.05, 0.1) is 16.9 Å². The smallest absolute Gasteiger partial charge is 0.255 e. The molecule has 0 saturated heterocycles. The molecule has 1 atom stereocenters. The second-order valence-electron chi connectivity index (χ2n) is 8.07. The molecule has 0 radical (unpaired) electrons. The maximum absolute atomic E-state index is 12.9. The maximum Gasteiger partial charge on any atom is 0.255 e. The van der Waals surface area contributed by atoms with Crippen molar-refractivity contribution in [1.82, 2.24) is 15.1 Å². The summed E-state index contributed by atoms with van der Waals surface area (Å²) in [5, 5.41) is 7.83. The lowest BCUT2D eigenvalue weighted by molar-refractivity contribution is 0.0931. The minimum Gasteiger partial charge on any atom is -0.348 e. The molecule has 0 aliphatic heterocycles. The molecular weight excluding hydrogens is 348 g/mol. The van der Waals surface area contributed by atoms with E-state index in [0.717, 1.165) is 24.2 Å². The van der Waals surface area contributed by atoms with Crippen LogP contribution >= 0.6 is 12.4 Å². The van der Waals surface area contributed by atoms with Crippen LogP contribution in [0.5, 0.6) is 0 Å². The number of carbonyl (C=O) groups is 1. The van der Waals surface area contributed by atoms with Crippen molar-refractivity contribution >= 4 is 18.3 Å². The molecule has 6 heteroatoms. The summed E-state index contributed by atoms with van der Waals surface area (Å²) in [4.78, 5) is 12.9. The van der Waals surface area contributed by atoms with Gasteiger partial charge in [-0.25, -0.2) is 4.68 Å². The number of carbonyl (C=O) groups excluding carboxylic acids is 1. The van der Waals surface area contributed by atoms with Crippen molar-refractivity contribution in [3.8, 4) is 5.69 Å². The number of rotatable bonds is 5. The van der Waals surface area contributed by atoms with Crippen LogP contribution in [0, 0.1) is 12.8 Å². The van der Waals surface area contributed by atoms with Gasteiger partial charge < -0.3 is 11.1 Å². The van der Waals surface area contributed by atoms with Gasteiger partial charge >= 0.3 is 0 Å². The third-order valence-electron chi connectivity index (χ3n) is 4.73. The lowest BCUT2D eigenvalue weighted by Gasteiger charge is -2.19. The molecule has 3 N–H and O–H groups in total. The molecule has 5 nitrogen and oxygen atoms in total. The Balaban J connectivity index is 0.00000243. The Morgan fingerprint density at radius 1 is 1.31 bits per heavy atom. The van der Waals surface area contributed by atoms with Crippen LogP contribution in [-0.4, -0.2) is 28.3 Å². The van der Waals surface area contributed by atoms with Crippen LogP contribution in [0.2, 0.25) is 0 Å². The number of nitrogens with one attached hydrogen (secondary N) is 1. The van der Waals surface area contributed by atoms with Crippen LogP contribution in [0.1, 0.15) is 55.2 Å². The first-order valence-electron chi connectivity index (χ1n) is 8.97. The van der Waals surface area contributed by atoms with Crippen molar-refractivity contribution in [1.29, 1.82) is 0 Å². The van der Waals surface area contributed by atoms with E-state index in [-0.39, 0.29) is 29.8 Å². The van der Waals surface area contributed by atoms with E-state index >= 15 is 0 Å². The Morgan fingerprint density at radius 3 is 2.42 bits per heavy atom. The number of benzene rings is 1. The zero-order chi connectivity index (χ0) is 18.2. The lowest BCUT2D eigenvalue weighted by atomic mass is 9.89. The second-order valence-corrected chi connectivity index (χ2v) is 8.07. The average Bonchev–Trinajstić information content (AvgIpc) is 3.29. The SMILES string of the molecule is Cc1ccc(-n2cc(C(=O)NC(CN)C3CC3)c(C(C)(C)C)n2)cc1.Cl. The normalized spacial score (nSPS) is 15.3. The first kappa shape index (κ1) is 20.5. The summed E-state index contributed by atoms with van der Waals surface area (Å²) in [6, 6.07) is 8.19. The lowest BCUT2D eigenvalue weighted by Crippen LogP contribution is -2.42. The summed E-state index contributed by atoms with van der Waals surface area (Å²) in [6.07, 6.45) is 4.13. The minimum absolute atomic E-state index is 0. The highest BCUT2D eigenvalue weighted by atomic mass is 35.5. The van der Waals surface area contributed by atoms with Crippen molar-refractivity contribution in [3.63, 3.8) is 0 Å². The van der Waals surface area contributed by atoms with E-state index in [4.69, 9.17) is 10.8 Å². The van der Waals surface area contributed by atoms with Crippen LogP contribution in [0.4, 0.5) is 0 Å². The monoisotopic (exact) mass is 376 g/mol. The molecular formula is C20H29ClN4O. The summed E-state index contributed by atoms with van der Waals surface area (Å²) in [7, 11) is 0. The predicted octanol–water partition coefficient (Wildman–Crippen LogP) is 3.37. The van der Waals surface area contributed by atoms with Gasteiger partial charge in [0.15, 0.2) is 0 Å². The number of nitrogens with two attached hydrogens (primary N) is 1. The molecule has 1 saturated carbocycles. The minimum atomic E-state index is -0.222. The second kappa shape index (κ2) is 7.80. The highest BCUT2D eigenvalue weighted by Gasteiger charge is 2.33. The molecule has 2 aromatic rings. The maximum atomic E-state index is 12.9. The standard InChI is InChI=1S/C20H28N4O.ClH/c1-13-5-9-15(10-6-13)24-12-16(18(23-24)20(2,3)4)19(25)22-17(11-21)14-7-8-14;/h5-6,9-10,12,14,17H,7-8,11,21H2,1-4H3,(H,22,25);1H. The van der Waals surface area contributed by atoms with Crippen LogP contribution in [-0.2, 0) is 5.41 Å². The van der Waals surface area contributed by atoms with Gasteiger partial charge in [-0.3, -0.25) is 4.79 Å². The van der Waals surface area contributed by atoms with Crippen molar-refractivity contribution in [2.45, 2.75) is 52.0 Å². The molecule has 1 heterocycles. The summed E-state index contributed by atoms with van der Waals surface area (Å²) in [5.41, 5.74) is 9.20. The summed E-state index contributed by atoms with van der Waals surface area (Å²) >= 11 is 0. The first-order valence-corrected chi connectivity index (χ1v) is 8.97. The highest BCUT2D eigenvalue weighted by molar-refractivity contribution is 5.95. The van der Waals surface area contributed by atoms with Gasteiger partial charge in [0, 0.05) is 24.2 Å². The number of hydrogen-bond acceptors (Lipinski definition) is 3. The van der Waals surface area contributed by atoms with Gasteiger partial charge in [0.2, 0.25) is 0 Å². The molecule has 1 aliphatic rings. The van der Waals surface area contributed by atoms with Gasteiger partial charge in [-0.1, -0.05) is 38.5 Å². The summed E-state index contributed by atoms with van der Waals surface area (Å²) in [6.45, 7) is 8.76. The molecule has 1 amide bonds. The fourth-order valence-corrected chi connectivity index (χ4v) is 3.04. The van der Waals surface area contributed by atoms with Crippen molar-refractivity contribution < 1.29 is 4.79 Å². The largest absolute Gasteiger partial charge is 0.348 e. The Labute approximate surface area is 161 Å². The fraction of sp³-hybridized carbons (Fsp3) is 0.500. The van der Waals surface area contributed by atoms with Gasteiger partial charge in [-0.2, -0.15) is 5.10 Å².